The first kappa shape index (κ1) is 8.51. The van der Waals surface area contributed by atoms with Gasteiger partial charge in [-0.3, -0.25) is 4.79 Å². The SMILES string of the molecule is CCCCC1=C[C@@H](C)CC1=O. The topological polar surface area (TPSA) is 17.1 Å². The van der Waals surface area contributed by atoms with E-state index in [1.54, 1.807) is 0 Å². The first-order chi connectivity index (χ1) is 5.24. The van der Waals surface area contributed by atoms with E-state index in [1.807, 2.05) is 0 Å². The molecule has 11 heavy (non-hydrogen) atoms. The Hall–Kier alpha value is -0.590. The molecule has 0 aromatic heterocycles. The molecule has 0 spiro atoms. The summed E-state index contributed by atoms with van der Waals surface area (Å²) in [5.74, 6) is 0.875. The van der Waals surface area contributed by atoms with E-state index in [0.29, 0.717) is 11.7 Å². The van der Waals surface area contributed by atoms with Crippen molar-refractivity contribution in [3.05, 3.63) is 11.6 Å². The number of Topliss-reactive ketones (excluding diaryl/α,β-unsaturated/α-hetero) is 1. The summed E-state index contributed by atoms with van der Waals surface area (Å²) in [6.07, 6.45) is 6.22. The zero-order valence-electron chi connectivity index (χ0n) is 7.39. The van der Waals surface area contributed by atoms with E-state index in [0.717, 1.165) is 24.8 Å². The maximum atomic E-state index is 11.2. The van der Waals surface area contributed by atoms with Gasteiger partial charge in [0.05, 0.1) is 0 Å². The maximum absolute atomic E-state index is 11.2. The van der Waals surface area contributed by atoms with Crippen LogP contribution in [0.5, 0.6) is 0 Å². The number of hydrogen-bond donors (Lipinski definition) is 0. The highest BCUT2D eigenvalue weighted by atomic mass is 16.1. The van der Waals surface area contributed by atoms with Gasteiger partial charge in [-0.1, -0.05) is 26.3 Å². The number of ketones is 1. The van der Waals surface area contributed by atoms with Gasteiger partial charge >= 0.3 is 0 Å². The molecule has 0 saturated carbocycles. The minimum absolute atomic E-state index is 0.381. The van der Waals surface area contributed by atoms with Crippen LogP contribution in [0.1, 0.15) is 39.5 Å². The van der Waals surface area contributed by atoms with Gasteiger partial charge in [-0.2, -0.15) is 0 Å². The summed E-state index contributed by atoms with van der Waals surface area (Å²) in [4.78, 5) is 11.2. The van der Waals surface area contributed by atoms with Crippen LogP contribution in [0.4, 0.5) is 0 Å². The van der Waals surface area contributed by atoms with Gasteiger partial charge in [0.25, 0.3) is 0 Å². The second-order valence-electron chi connectivity index (χ2n) is 3.40. The predicted molar refractivity (Wildman–Crippen MR) is 46.4 cm³/mol. The first-order valence-corrected chi connectivity index (χ1v) is 4.48. The lowest BCUT2D eigenvalue weighted by Crippen LogP contribution is -1.96. The van der Waals surface area contributed by atoms with E-state index < -0.39 is 0 Å². The van der Waals surface area contributed by atoms with Crippen molar-refractivity contribution in [3.8, 4) is 0 Å². The summed E-state index contributed by atoms with van der Waals surface area (Å²) in [5.41, 5.74) is 1.08. The molecule has 0 aromatic carbocycles. The van der Waals surface area contributed by atoms with Crippen molar-refractivity contribution < 1.29 is 4.79 Å². The lowest BCUT2D eigenvalue weighted by molar-refractivity contribution is -0.115. The third-order valence-corrected chi connectivity index (χ3v) is 2.15. The molecule has 1 aliphatic rings. The summed E-state index contributed by atoms with van der Waals surface area (Å²) in [7, 11) is 0. The van der Waals surface area contributed by atoms with E-state index in [1.165, 1.54) is 6.42 Å². The quantitative estimate of drug-likeness (QED) is 0.607. The smallest absolute Gasteiger partial charge is 0.159 e. The van der Waals surface area contributed by atoms with E-state index >= 15 is 0 Å². The highest BCUT2D eigenvalue weighted by molar-refractivity contribution is 5.97. The van der Waals surface area contributed by atoms with E-state index in [-0.39, 0.29) is 0 Å². The number of unbranched alkanes of at least 4 members (excludes halogenated alkanes) is 1. The Morgan fingerprint density at radius 3 is 2.82 bits per heavy atom. The van der Waals surface area contributed by atoms with Gasteiger partial charge in [0.1, 0.15) is 0 Å². The van der Waals surface area contributed by atoms with E-state index in [4.69, 9.17) is 0 Å². The Kier molecular flexibility index (Phi) is 2.86. The molecule has 1 aliphatic carbocycles. The molecule has 0 saturated heterocycles. The van der Waals surface area contributed by atoms with Gasteiger partial charge in [0.2, 0.25) is 0 Å². The van der Waals surface area contributed by atoms with E-state index in [9.17, 15) is 4.79 Å². The summed E-state index contributed by atoms with van der Waals surface area (Å²) in [6, 6.07) is 0. The van der Waals surface area contributed by atoms with Gasteiger partial charge in [-0.15, -0.1) is 0 Å². The minimum atomic E-state index is 0.381. The predicted octanol–water partition coefficient (Wildman–Crippen LogP) is 2.71. The van der Waals surface area contributed by atoms with Crippen LogP contribution in [0.15, 0.2) is 11.6 Å². The molecule has 0 fully saturated rings. The first-order valence-electron chi connectivity index (χ1n) is 4.48. The second-order valence-corrected chi connectivity index (χ2v) is 3.40. The highest BCUT2D eigenvalue weighted by Crippen LogP contribution is 2.23. The fourth-order valence-corrected chi connectivity index (χ4v) is 1.51. The third kappa shape index (κ3) is 2.18. The van der Waals surface area contributed by atoms with Gasteiger partial charge in [-0.25, -0.2) is 0 Å². The van der Waals surface area contributed by atoms with Gasteiger partial charge in [-0.05, 0) is 24.3 Å². The molecular formula is C10H16O. The largest absolute Gasteiger partial charge is 0.295 e. The Labute approximate surface area is 68.5 Å². The molecule has 0 N–H and O–H groups in total. The fourth-order valence-electron chi connectivity index (χ4n) is 1.51. The molecule has 0 aromatic rings. The molecule has 0 amide bonds. The molecule has 1 nitrogen and oxygen atoms in total. The monoisotopic (exact) mass is 152 g/mol. The summed E-state index contributed by atoms with van der Waals surface area (Å²) < 4.78 is 0. The fraction of sp³-hybridized carbons (Fsp3) is 0.700. The normalized spacial score (nSPS) is 24.0. The Morgan fingerprint density at radius 2 is 2.36 bits per heavy atom. The van der Waals surface area contributed by atoms with Gasteiger partial charge in [0.15, 0.2) is 5.78 Å². The van der Waals surface area contributed by atoms with Crippen molar-refractivity contribution in [1.82, 2.24) is 0 Å². The average molecular weight is 152 g/mol. The second kappa shape index (κ2) is 3.70. The Balaban J connectivity index is 2.43. The van der Waals surface area contributed by atoms with Crippen molar-refractivity contribution in [1.29, 1.82) is 0 Å². The number of carbonyl (C=O) groups excluding carboxylic acids is 1. The number of carbonyl (C=O) groups is 1. The highest BCUT2D eigenvalue weighted by Gasteiger charge is 2.19. The van der Waals surface area contributed by atoms with Crippen LogP contribution in [-0.4, -0.2) is 5.78 Å². The van der Waals surface area contributed by atoms with Crippen molar-refractivity contribution in [2.75, 3.05) is 0 Å². The summed E-state index contributed by atoms with van der Waals surface area (Å²) >= 11 is 0. The zero-order valence-corrected chi connectivity index (χ0v) is 7.39. The molecule has 1 rings (SSSR count). The standard InChI is InChI=1S/C10H16O/c1-3-4-5-9-6-8(2)7-10(9)11/h6,8H,3-5,7H2,1-2H3/t8-/m1/s1. The van der Waals surface area contributed by atoms with Crippen LogP contribution in [-0.2, 0) is 4.79 Å². The minimum Gasteiger partial charge on any atom is -0.295 e. The lowest BCUT2D eigenvalue weighted by atomic mass is 10.1. The van der Waals surface area contributed by atoms with Crippen molar-refractivity contribution >= 4 is 5.78 Å². The number of hydrogen-bond acceptors (Lipinski definition) is 1. The van der Waals surface area contributed by atoms with Gasteiger partial charge in [0, 0.05) is 6.42 Å². The number of rotatable bonds is 3. The van der Waals surface area contributed by atoms with E-state index in [2.05, 4.69) is 19.9 Å². The van der Waals surface area contributed by atoms with Crippen molar-refractivity contribution in [3.63, 3.8) is 0 Å². The number of allylic oxidation sites excluding steroid dienone is 2. The van der Waals surface area contributed by atoms with Crippen LogP contribution in [0.2, 0.25) is 0 Å². The van der Waals surface area contributed by atoms with Crippen molar-refractivity contribution in [2.45, 2.75) is 39.5 Å². The molecule has 0 radical (unpaired) electrons. The summed E-state index contributed by atoms with van der Waals surface area (Å²) in [5, 5.41) is 0. The molecule has 1 heteroatoms. The molecule has 0 bridgehead atoms. The average Bonchev–Trinajstić information content (AvgIpc) is 2.26. The lowest BCUT2D eigenvalue weighted by Gasteiger charge is -1.96. The van der Waals surface area contributed by atoms with Crippen LogP contribution in [0.25, 0.3) is 0 Å². The Morgan fingerprint density at radius 1 is 1.64 bits per heavy atom. The summed E-state index contributed by atoms with van der Waals surface area (Å²) in [6.45, 7) is 4.26. The molecule has 0 aliphatic heterocycles. The van der Waals surface area contributed by atoms with Gasteiger partial charge < -0.3 is 0 Å². The molecular weight excluding hydrogens is 136 g/mol. The molecule has 0 unspecified atom stereocenters. The molecule has 0 heterocycles. The van der Waals surface area contributed by atoms with Crippen LogP contribution in [0.3, 0.4) is 0 Å². The van der Waals surface area contributed by atoms with Crippen LogP contribution < -0.4 is 0 Å². The maximum Gasteiger partial charge on any atom is 0.159 e. The van der Waals surface area contributed by atoms with Crippen LogP contribution >= 0.6 is 0 Å². The Bertz CT molecular complexity index is 179. The third-order valence-electron chi connectivity index (χ3n) is 2.15. The molecule has 1 atom stereocenters. The molecule has 62 valence electrons. The zero-order chi connectivity index (χ0) is 8.27. The van der Waals surface area contributed by atoms with Crippen LogP contribution in [0, 0.1) is 5.92 Å². The van der Waals surface area contributed by atoms with Crippen molar-refractivity contribution in [2.24, 2.45) is 5.92 Å².